The van der Waals surface area contributed by atoms with Crippen molar-refractivity contribution in [2.45, 2.75) is 64.2 Å². The normalized spacial score (nSPS) is 19.1. The van der Waals surface area contributed by atoms with Gasteiger partial charge in [-0.3, -0.25) is 9.59 Å². The highest BCUT2D eigenvalue weighted by Gasteiger charge is 2.27. The Hall–Kier alpha value is -3.06. The molecule has 2 unspecified atom stereocenters. The molecule has 5 rings (SSSR count). The minimum Gasteiger partial charge on any atom is -0.384 e. The van der Waals surface area contributed by atoms with E-state index in [1.165, 1.54) is 5.56 Å². The topological polar surface area (TPSA) is 122 Å². The number of nitrogens with zero attached hydrogens (tertiary/aromatic N) is 6. The SMILES string of the molecule is CC1CCCC(=O)N1CCN(I)Cc1ccc(Cn2cc(C(=O)NC3CCc4nc(N)ccc43)nn2)cc1. The van der Waals surface area contributed by atoms with Gasteiger partial charge in [-0.25, -0.2) is 12.8 Å². The van der Waals surface area contributed by atoms with Crippen molar-refractivity contribution in [2.24, 2.45) is 0 Å². The number of rotatable bonds is 9. The van der Waals surface area contributed by atoms with Crippen LogP contribution in [0.25, 0.3) is 0 Å². The van der Waals surface area contributed by atoms with E-state index in [0.29, 0.717) is 30.5 Å². The van der Waals surface area contributed by atoms with Crippen LogP contribution in [0.5, 0.6) is 0 Å². The average Bonchev–Trinajstić information content (AvgIpc) is 3.52. The Kier molecular flexibility index (Phi) is 8.22. The van der Waals surface area contributed by atoms with Gasteiger partial charge in [0.25, 0.3) is 5.91 Å². The van der Waals surface area contributed by atoms with E-state index in [-0.39, 0.29) is 17.9 Å². The third kappa shape index (κ3) is 6.32. The monoisotopic (exact) mass is 628 g/mol. The number of piperidine rings is 1. The van der Waals surface area contributed by atoms with Gasteiger partial charge in [0, 0.05) is 60.7 Å². The number of carbonyl (C=O) groups excluding carboxylic acids is 2. The summed E-state index contributed by atoms with van der Waals surface area (Å²) < 4.78 is 3.90. The van der Waals surface area contributed by atoms with Crippen LogP contribution in [-0.4, -0.2) is 58.9 Å². The van der Waals surface area contributed by atoms with E-state index in [2.05, 4.69) is 77.8 Å². The second kappa shape index (κ2) is 11.8. The number of hydrogen-bond acceptors (Lipinski definition) is 7. The van der Waals surface area contributed by atoms with Gasteiger partial charge in [0.2, 0.25) is 5.91 Å². The third-order valence-corrected chi connectivity index (χ3v) is 8.15. The predicted molar refractivity (Wildman–Crippen MR) is 152 cm³/mol. The molecule has 10 nitrogen and oxygen atoms in total. The maximum absolute atomic E-state index is 12.8. The molecule has 1 aromatic carbocycles. The lowest BCUT2D eigenvalue weighted by Crippen LogP contribution is -2.44. The minimum absolute atomic E-state index is 0.0930. The number of nitrogens with one attached hydrogen (secondary N) is 1. The number of pyridine rings is 1. The van der Waals surface area contributed by atoms with Gasteiger partial charge in [0.15, 0.2) is 5.69 Å². The summed E-state index contributed by atoms with van der Waals surface area (Å²) in [7, 11) is 0. The Bertz CT molecular complexity index is 1290. The number of aromatic nitrogens is 4. The highest BCUT2D eigenvalue weighted by Crippen LogP contribution is 2.30. The third-order valence-electron chi connectivity index (χ3n) is 7.32. The molecule has 2 atom stereocenters. The molecule has 2 amide bonds. The Labute approximate surface area is 236 Å². The molecule has 2 aromatic heterocycles. The lowest BCUT2D eigenvalue weighted by atomic mass is 10.0. The van der Waals surface area contributed by atoms with Crippen molar-refractivity contribution >= 4 is 40.5 Å². The number of halogens is 1. The lowest BCUT2D eigenvalue weighted by molar-refractivity contribution is -0.135. The predicted octanol–water partition coefficient (Wildman–Crippen LogP) is 3.27. The fourth-order valence-corrected chi connectivity index (χ4v) is 5.82. The van der Waals surface area contributed by atoms with E-state index in [1.807, 2.05) is 11.0 Å². The van der Waals surface area contributed by atoms with Crippen LogP contribution in [0, 0.1) is 0 Å². The van der Waals surface area contributed by atoms with Crippen LogP contribution in [0.4, 0.5) is 5.82 Å². The van der Waals surface area contributed by atoms with E-state index in [1.54, 1.807) is 16.9 Å². The first kappa shape index (κ1) is 26.5. The zero-order valence-electron chi connectivity index (χ0n) is 21.5. The number of anilines is 1. The molecule has 0 radical (unpaired) electrons. The van der Waals surface area contributed by atoms with E-state index >= 15 is 0 Å². The number of fused-ring (bicyclic) bond motifs is 1. The van der Waals surface area contributed by atoms with Crippen molar-refractivity contribution < 1.29 is 9.59 Å². The Morgan fingerprint density at radius 1 is 1.16 bits per heavy atom. The zero-order chi connectivity index (χ0) is 26.6. The summed E-state index contributed by atoms with van der Waals surface area (Å²) in [5, 5.41) is 11.3. The molecule has 1 aliphatic carbocycles. The molecule has 38 heavy (non-hydrogen) atoms. The molecule has 3 N–H and O–H groups in total. The number of nitrogen functional groups attached to an aromatic ring is 1. The van der Waals surface area contributed by atoms with Gasteiger partial charge < -0.3 is 16.0 Å². The number of aryl methyl sites for hydroxylation is 1. The van der Waals surface area contributed by atoms with Crippen molar-refractivity contribution in [3.8, 4) is 0 Å². The summed E-state index contributed by atoms with van der Waals surface area (Å²) in [6, 6.07) is 12.3. The van der Waals surface area contributed by atoms with Crippen LogP contribution >= 0.6 is 22.9 Å². The number of amides is 2. The summed E-state index contributed by atoms with van der Waals surface area (Å²) in [5.74, 6) is 0.529. The highest BCUT2D eigenvalue weighted by atomic mass is 127. The van der Waals surface area contributed by atoms with Crippen LogP contribution in [0.15, 0.2) is 42.6 Å². The van der Waals surface area contributed by atoms with Crippen LogP contribution in [0.3, 0.4) is 0 Å². The molecule has 3 heterocycles. The molecular formula is C27H33IN8O2. The number of benzene rings is 1. The summed E-state index contributed by atoms with van der Waals surface area (Å²) >= 11 is 2.34. The van der Waals surface area contributed by atoms with Crippen LogP contribution in [0.1, 0.15) is 71.5 Å². The van der Waals surface area contributed by atoms with Crippen LogP contribution in [-0.2, 0) is 24.3 Å². The van der Waals surface area contributed by atoms with Gasteiger partial charge in [0.05, 0.1) is 18.8 Å². The van der Waals surface area contributed by atoms with Gasteiger partial charge in [-0.05, 0) is 55.4 Å². The second-order valence-corrected chi connectivity index (χ2v) is 11.5. The maximum atomic E-state index is 12.8. The molecule has 0 saturated carbocycles. The molecule has 1 fully saturated rings. The molecule has 200 valence electrons. The van der Waals surface area contributed by atoms with Gasteiger partial charge in [-0.2, -0.15) is 0 Å². The van der Waals surface area contributed by atoms with Crippen molar-refractivity contribution in [1.82, 2.24) is 33.3 Å². The van der Waals surface area contributed by atoms with Gasteiger partial charge in [-0.1, -0.05) is 35.5 Å². The highest BCUT2D eigenvalue weighted by molar-refractivity contribution is 14.1. The second-order valence-electron chi connectivity index (χ2n) is 10.1. The van der Waals surface area contributed by atoms with Gasteiger partial charge in [-0.15, -0.1) is 5.10 Å². The Morgan fingerprint density at radius 3 is 2.74 bits per heavy atom. The number of nitrogens with two attached hydrogens (primary N) is 1. The average molecular weight is 629 g/mol. The fourth-order valence-electron chi connectivity index (χ4n) is 5.21. The Morgan fingerprint density at radius 2 is 1.95 bits per heavy atom. The quantitative estimate of drug-likeness (QED) is 0.276. The number of hydrogen-bond donors (Lipinski definition) is 2. The molecule has 2 aliphatic rings. The summed E-state index contributed by atoms with van der Waals surface area (Å²) in [5.41, 5.74) is 10.3. The first-order chi connectivity index (χ1) is 18.4. The molecule has 11 heteroatoms. The van der Waals surface area contributed by atoms with Gasteiger partial charge in [0.1, 0.15) is 5.82 Å². The summed E-state index contributed by atoms with van der Waals surface area (Å²) in [6.07, 6.45) is 6.03. The van der Waals surface area contributed by atoms with Crippen molar-refractivity contribution in [2.75, 3.05) is 18.8 Å². The first-order valence-electron chi connectivity index (χ1n) is 13.1. The fraction of sp³-hybridized carbons (Fsp3) is 0.444. The first-order valence-corrected chi connectivity index (χ1v) is 14.1. The van der Waals surface area contributed by atoms with E-state index in [0.717, 1.165) is 62.1 Å². The Balaban J connectivity index is 1.11. The molecule has 1 aliphatic heterocycles. The molecule has 3 aromatic rings. The lowest BCUT2D eigenvalue weighted by Gasteiger charge is -2.34. The van der Waals surface area contributed by atoms with Crippen molar-refractivity contribution in [3.05, 3.63) is 70.7 Å². The van der Waals surface area contributed by atoms with E-state index in [4.69, 9.17) is 5.73 Å². The van der Waals surface area contributed by atoms with Crippen molar-refractivity contribution in [3.63, 3.8) is 0 Å². The molecular weight excluding hydrogens is 595 g/mol. The van der Waals surface area contributed by atoms with Crippen molar-refractivity contribution in [1.29, 1.82) is 0 Å². The smallest absolute Gasteiger partial charge is 0.273 e. The maximum Gasteiger partial charge on any atom is 0.273 e. The zero-order valence-corrected chi connectivity index (χ0v) is 23.7. The van der Waals surface area contributed by atoms with Gasteiger partial charge >= 0.3 is 0 Å². The summed E-state index contributed by atoms with van der Waals surface area (Å²) in [4.78, 5) is 31.4. The molecule has 0 spiro atoms. The van der Waals surface area contributed by atoms with E-state index < -0.39 is 0 Å². The number of carbonyl (C=O) groups is 2. The summed E-state index contributed by atoms with van der Waals surface area (Å²) in [6.45, 7) is 5.07. The van der Waals surface area contributed by atoms with Crippen LogP contribution < -0.4 is 11.1 Å². The number of likely N-dealkylation sites (tertiary alicyclic amines) is 1. The molecule has 1 saturated heterocycles. The standard InChI is InChI=1S/C27H33IN8O2/c1-18-3-2-4-26(37)36(18)14-13-34(28)15-19-5-7-20(8-6-19)16-35-17-24(32-33-35)27(38)31-23-11-10-22-21(23)9-12-25(29)30-22/h5-9,12,17-18,23H,2-4,10-11,13-16H2,1H3,(H2,29,30)(H,31,38). The largest absolute Gasteiger partial charge is 0.384 e. The molecule has 0 bridgehead atoms. The van der Waals surface area contributed by atoms with E-state index in [9.17, 15) is 9.59 Å². The minimum atomic E-state index is -0.246. The van der Waals surface area contributed by atoms with Crippen LogP contribution in [0.2, 0.25) is 0 Å².